The number of ether oxygens (including phenoxy) is 3. The molecule has 0 radical (unpaired) electrons. The number of hydrogen-bond donors (Lipinski definition) is 2. The lowest BCUT2D eigenvalue weighted by molar-refractivity contribution is 0.0264. The maximum atomic E-state index is 12.1. The second-order valence-electron chi connectivity index (χ2n) is 4.90. The number of amides is 1. The fourth-order valence-corrected chi connectivity index (χ4v) is 2.42. The summed E-state index contributed by atoms with van der Waals surface area (Å²) in [7, 11) is 2.94. The highest BCUT2D eigenvalue weighted by molar-refractivity contribution is 6.32. The average Bonchev–Trinajstić information content (AvgIpc) is 2.91. The predicted molar refractivity (Wildman–Crippen MR) is 77.3 cm³/mol. The number of carbonyl (C=O) groups excluding carboxylic acids is 1. The van der Waals surface area contributed by atoms with Crippen LogP contribution in [0.3, 0.4) is 0 Å². The van der Waals surface area contributed by atoms with Gasteiger partial charge in [0.2, 0.25) is 0 Å². The van der Waals surface area contributed by atoms with Crippen LogP contribution in [0.15, 0.2) is 12.1 Å². The summed E-state index contributed by atoms with van der Waals surface area (Å²) < 4.78 is 15.4. The maximum absolute atomic E-state index is 12.1. The third-order valence-corrected chi connectivity index (χ3v) is 3.64. The van der Waals surface area contributed by atoms with E-state index in [9.17, 15) is 9.90 Å². The Hall–Kier alpha value is -1.50. The number of benzene rings is 1. The smallest absolute Gasteiger partial charge is 0.251 e. The van der Waals surface area contributed by atoms with Crippen molar-refractivity contribution in [1.82, 2.24) is 5.32 Å². The third-order valence-electron chi connectivity index (χ3n) is 3.36. The van der Waals surface area contributed by atoms with Crippen molar-refractivity contribution in [3.63, 3.8) is 0 Å². The van der Waals surface area contributed by atoms with Gasteiger partial charge in [-0.1, -0.05) is 11.6 Å². The fraction of sp³-hybridized carbons (Fsp3) is 0.500. The molecular formula is C14H18ClNO5. The lowest BCUT2D eigenvalue weighted by atomic mass is 10.0. The number of aliphatic hydroxyl groups is 1. The molecule has 1 aliphatic heterocycles. The van der Waals surface area contributed by atoms with Gasteiger partial charge < -0.3 is 24.6 Å². The zero-order valence-corrected chi connectivity index (χ0v) is 12.7. The molecule has 1 aliphatic rings. The molecule has 1 heterocycles. The molecule has 1 aromatic carbocycles. The van der Waals surface area contributed by atoms with Crippen LogP contribution in [0.25, 0.3) is 0 Å². The van der Waals surface area contributed by atoms with Crippen LogP contribution in [-0.4, -0.2) is 50.6 Å². The van der Waals surface area contributed by atoms with Crippen LogP contribution >= 0.6 is 11.6 Å². The minimum absolute atomic E-state index is 0.123. The van der Waals surface area contributed by atoms with Crippen molar-refractivity contribution < 1.29 is 24.1 Å². The molecule has 2 N–H and O–H groups in total. The van der Waals surface area contributed by atoms with E-state index in [1.54, 1.807) is 0 Å². The van der Waals surface area contributed by atoms with E-state index < -0.39 is 5.60 Å². The molecule has 1 unspecified atom stereocenters. The molecule has 0 aromatic heterocycles. The zero-order valence-electron chi connectivity index (χ0n) is 11.9. The lowest BCUT2D eigenvalue weighted by Gasteiger charge is -2.20. The van der Waals surface area contributed by atoms with Crippen molar-refractivity contribution in [3.05, 3.63) is 22.7 Å². The molecule has 0 saturated carbocycles. The molecule has 6 nitrogen and oxygen atoms in total. The average molecular weight is 316 g/mol. The van der Waals surface area contributed by atoms with E-state index in [2.05, 4.69) is 5.32 Å². The van der Waals surface area contributed by atoms with E-state index >= 15 is 0 Å². The second-order valence-corrected chi connectivity index (χ2v) is 5.31. The molecule has 1 atom stereocenters. The van der Waals surface area contributed by atoms with E-state index in [0.29, 0.717) is 30.1 Å². The minimum Gasteiger partial charge on any atom is -0.493 e. The molecule has 1 fully saturated rings. The normalized spacial score (nSPS) is 21.1. The number of methoxy groups -OCH3 is 2. The van der Waals surface area contributed by atoms with E-state index in [1.807, 2.05) is 0 Å². The Bertz CT molecular complexity index is 528. The van der Waals surface area contributed by atoms with Crippen LogP contribution in [0.5, 0.6) is 11.5 Å². The van der Waals surface area contributed by atoms with Gasteiger partial charge in [0.05, 0.1) is 25.8 Å². The molecule has 7 heteroatoms. The van der Waals surface area contributed by atoms with Gasteiger partial charge in [-0.2, -0.15) is 0 Å². The number of nitrogens with one attached hydrogen (secondary N) is 1. The van der Waals surface area contributed by atoms with Gasteiger partial charge in [0.1, 0.15) is 5.60 Å². The summed E-state index contributed by atoms with van der Waals surface area (Å²) in [5, 5.41) is 13.1. The highest BCUT2D eigenvalue weighted by Crippen LogP contribution is 2.36. The summed E-state index contributed by atoms with van der Waals surface area (Å²) in [4.78, 5) is 12.1. The Morgan fingerprint density at radius 3 is 2.81 bits per heavy atom. The molecule has 0 bridgehead atoms. The summed E-state index contributed by atoms with van der Waals surface area (Å²) in [5.74, 6) is 0.398. The summed E-state index contributed by atoms with van der Waals surface area (Å²) in [6, 6.07) is 3.03. The Balaban J connectivity index is 2.10. The maximum Gasteiger partial charge on any atom is 0.251 e. The molecular weight excluding hydrogens is 298 g/mol. The van der Waals surface area contributed by atoms with Gasteiger partial charge in [-0.05, 0) is 12.1 Å². The Morgan fingerprint density at radius 2 is 2.24 bits per heavy atom. The number of halogens is 1. The number of carbonyl (C=O) groups is 1. The van der Waals surface area contributed by atoms with Crippen molar-refractivity contribution >= 4 is 17.5 Å². The predicted octanol–water partition coefficient (Wildman–Crippen LogP) is 1.24. The summed E-state index contributed by atoms with van der Waals surface area (Å²) in [5.41, 5.74) is -0.670. The van der Waals surface area contributed by atoms with Gasteiger partial charge in [0.25, 0.3) is 5.91 Å². The molecule has 1 amide bonds. The second kappa shape index (κ2) is 6.51. The van der Waals surface area contributed by atoms with Gasteiger partial charge in [0, 0.05) is 25.1 Å². The summed E-state index contributed by atoms with van der Waals surface area (Å²) in [6.45, 7) is 0.840. The van der Waals surface area contributed by atoms with Crippen molar-refractivity contribution in [2.45, 2.75) is 12.0 Å². The molecule has 1 aromatic rings. The highest BCUT2D eigenvalue weighted by Gasteiger charge is 2.32. The minimum atomic E-state index is -1.00. The van der Waals surface area contributed by atoms with E-state index in [4.69, 9.17) is 25.8 Å². The van der Waals surface area contributed by atoms with Gasteiger partial charge in [0.15, 0.2) is 11.5 Å². The molecule has 1 saturated heterocycles. The fourth-order valence-electron chi connectivity index (χ4n) is 2.13. The van der Waals surface area contributed by atoms with Crippen LogP contribution < -0.4 is 14.8 Å². The first kappa shape index (κ1) is 15.9. The quantitative estimate of drug-likeness (QED) is 0.855. The molecule has 0 spiro atoms. The van der Waals surface area contributed by atoms with Gasteiger partial charge in [-0.25, -0.2) is 0 Å². The number of rotatable bonds is 5. The van der Waals surface area contributed by atoms with E-state index in [-0.39, 0.29) is 24.1 Å². The van der Waals surface area contributed by atoms with Crippen molar-refractivity contribution in [2.24, 2.45) is 0 Å². The Kier molecular flexibility index (Phi) is 4.92. The van der Waals surface area contributed by atoms with Crippen LogP contribution in [-0.2, 0) is 4.74 Å². The first-order valence-electron chi connectivity index (χ1n) is 6.49. The largest absolute Gasteiger partial charge is 0.493 e. The van der Waals surface area contributed by atoms with Crippen molar-refractivity contribution in [3.8, 4) is 11.5 Å². The third kappa shape index (κ3) is 3.58. The van der Waals surface area contributed by atoms with Gasteiger partial charge in [-0.3, -0.25) is 4.79 Å². The first-order valence-corrected chi connectivity index (χ1v) is 6.87. The van der Waals surface area contributed by atoms with Crippen LogP contribution in [0.4, 0.5) is 0 Å². The van der Waals surface area contributed by atoms with E-state index in [1.165, 1.54) is 26.4 Å². The Morgan fingerprint density at radius 1 is 1.48 bits per heavy atom. The molecule has 0 aliphatic carbocycles. The van der Waals surface area contributed by atoms with E-state index in [0.717, 1.165) is 0 Å². The molecule has 2 rings (SSSR count). The first-order chi connectivity index (χ1) is 9.99. The SMILES string of the molecule is COc1cc(C(=O)NCC2(O)CCOC2)cc(Cl)c1OC. The standard InChI is InChI=1S/C14H18ClNO5/c1-19-11-6-9(5-10(15)12(11)20-2)13(17)16-7-14(18)3-4-21-8-14/h5-6,18H,3-4,7-8H2,1-2H3,(H,16,17). The molecule has 21 heavy (non-hydrogen) atoms. The zero-order chi connectivity index (χ0) is 15.5. The van der Waals surface area contributed by atoms with Gasteiger partial charge in [-0.15, -0.1) is 0 Å². The summed E-state index contributed by atoms with van der Waals surface area (Å²) >= 11 is 6.06. The Labute approximate surface area is 127 Å². The van der Waals surface area contributed by atoms with Crippen LogP contribution in [0, 0.1) is 0 Å². The monoisotopic (exact) mass is 315 g/mol. The highest BCUT2D eigenvalue weighted by atomic mass is 35.5. The van der Waals surface area contributed by atoms with Crippen molar-refractivity contribution in [1.29, 1.82) is 0 Å². The van der Waals surface area contributed by atoms with Crippen molar-refractivity contribution in [2.75, 3.05) is 34.0 Å². The summed E-state index contributed by atoms with van der Waals surface area (Å²) in [6.07, 6.45) is 0.500. The molecule has 116 valence electrons. The van der Waals surface area contributed by atoms with Crippen LogP contribution in [0.1, 0.15) is 16.8 Å². The van der Waals surface area contributed by atoms with Crippen LogP contribution in [0.2, 0.25) is 5.02 Å². The van der Waals surface area contributed by atoms with Gasteiger partial charge >= 0.3 is 0 Å². The number of hydrogen-bond acceptors (Lipinski definition) is 5. The lowest BCUT2D eigenvalue weighted by Crippen LogP contribution is -2.43. The topological polar surface area (TPSA) is 77.0 Å².